The van der Waals surface area contributed by atoms with Gasteiger partial charge in [-0.15, -0.1) is 16.9 Å². The highest BCUT2D eigenvalue weighted by atomic mass is 32.2. The molecule has 2 unspecified atom stereocenters. The first-order valence-electron chi connectivity index (χ1n) is 16.6. The van der Waals surface area contributed by atoms with E-state index in [0.717, 1.165) is 28.2 Å². The number of aromatic nitrogens is 6. The van der Waals surface area contributed by atoms with Gasteiger partial charge in [0, 0.05) is 35.1 Å². The van der Waals surface area contributed by atoms with Crippen molar-refractivity contribution in [3.63, 3.8) is 0 Å². The Bertz CT molecular complexity index is 1990. The Kier molecular flexibility index (Phi) is 12.7. The SMILES string of the molecule is CC(C)(C)OC(=O)NCCn1nnnc1SCC1=C(C(=O)O)N2C(=O)C(NC(=O)C(=NOC(C(=O)OC(C)(C)C)c3ccccc3)c3nsc(N)n3)[C@@H]2SC1. The minimum Gasteiger partial charge on any atom is -0.477 e. The maximum atomic E-state index is 13.7. The van der Waals surface area contributed by atoms with Gasteiger partial charge in [0.25, 0.3) is 11.8 Å². The molecule has 0 saturated carbocycles. The van der Waals surface area contributed by atoms with Gasteiger partial charge in [-0.1, -0.05) is 47.2 Å². The quantitative estimate of drug-likeness (QED) is 0.0595. The van der Waals surface area contributed by atoms with E-state index in [-0.39, 0.29) is 41.2 Å². The van der Waals surface area contributed by atoms with Crippen molar-refractivity contribution in [2.75, 3.05) is 23.8 Å². The molecule has 2 aromatic heterocycles. The number of carboxylic acids is 1. The number of nitrogens with one attached hydrogen (secondary N) is 2. The number of alkyl carbamates (subject to hydrolysis) is 1. The highest BCUT2D eigenvalue weighted by molar-refractivity contribution is 8.01. The number of ether oxygens (including phenoxy) is 2. The van der Waals surface area contributed by atoms with Gasteiger partial charge < -0.3 is 35.8 Å². The number of carboxylic acid groups (broad SMARTS) is 1. The van der Waals surface area contributed by atoms with Crippen LogP contribution in [0.15, 0.2) is 51.9 Å². The lowest BCUT2D eigenvalue weighted by Gasteiger charge is -2.49. The van der Waals surface area contributed by atoms with Crippen molar-refractivity contribution >= 4 is 75.7 Å². The standard InChI is InChI=1S/C32H39N11O9S3/c1-31(2,3)50-27(48)21(16-10-8-7-9-11-16)52-38-18(22-36-28(33)55-39-22)23(44)35-19-24(45)43-20(26(46)47)17(14-53-25(19)43)15-54-29-37-40-41-42(29)13-12-34-30(49)51-32(4,5)6/h7-11,19,21,25H,12-15H2,1-6H3,(H,34,49)(H,35,44)(H,46,47)(H2,33,36,39)/t19?,21?,25-/m0/s1. The number of carbonyl (C=O) groups excluding carboxylic acids is 4. The Morgan fingerprint density at radius 1 is 1.11 bits per heavy atom. The minimum absolute atomic E-state index is 0.0177. The van der Waals surface area contributed by atoms with Gasteiger partial charge in [-0.3, -0.25) is 14.5 Å². The summed E-state index contributed by atoms with van der Waals surface area (Å²) in [7, 11) is 0. The van der Waals surface area contributed by atoms with Crippen LogP contribution in [0, 0.1) is 0 Å². The molecule has 0 bridgehead atoms. The molecule has 2 aliphatic rings. The molecule has 5 rings (SSSR count). The number of nitrogen functional groups attached to an aromatic ring is 1. The number of hydrogen-bond acceptors (Lipinski definition) is 18. The predicted octanol–water partition coefficient (Wildman–Crippen LogP) is 1.97. The van der Waals surface area contributed by atoms with E-state index in [4.69, 9.17) is 20.0 Å². The number of nitrogens with two attached hydrogens (primary N) is 1. The maximum Gasteiger partial charge on any atom is 0.407 e. The van der Waals surface area contributed by atoms with Crippen LogP contribution in [-0.2, 0) is 40.0 Å². The van der Waals surface area contributed by atoms with E-state index in [9.17, 15) is 29.1 Å². The van der Waals surface area contributed by atoms with Crippen LogP contribution in [0.1, 0.15) is 59.0 Å². The van der Waals surface area contributed by atoms with Crippen molar-refractivity contribution < 1.29 is 43.4 Å². The third-order valence-corrected chi connectivity index (χ3v) is 10.2. The van der Waals surface area contributed by atoms with Gasteiger partial charge in [-0.05, 0) is 57.5 Å². The summed E-state index contributed by atoms with van der Waals surface area (Å²) in [5.74, 6) is -3.58. The van der Waals surface area contributed by atoms with E-state index in [0.29, 0.717) is 16.3 Å². The van der Waals surface area contributed by atoms with Crippen LogP contribution in [0.25, 0.3) is 0 Å². The lowest BCUT2D eigenvalue weighted by Crippen LogP contribution is -2.71. The molecule has 294 valence electrons. The number of thioether (sulfide) groups is 2. The third-order valence-electron chi connectivity index (χ3n) is 7.24. The molecule has 3 atom stereocenters. The summed E-state index contributed by atoms with van der Waals surface area (Å²) in [4.78, 5) is 75.7. The Labute approximate surface area is 327 Å². The molecular formula is C32H39N11O9S3. The number of amides is 3. The predicted molar refractivity (Wildman–Crippen MR) is 199 cm³/mol. The zero-order valence-corrected chi connectivity index (χ0v) is 33.0. The number of β-lactam (4-membered cyclic amide) rings is 1. The average Bonchev–Trinajstić information content (AvgIpc) is 3.74. The summed E-state index contributed by atoms with van der Waals surface area (Å²) >= 11 is 3.20. The van der Waals surface area contributed by atoms with Crippen LogP contribution in [-0.4, -0.2) is 116 Å². The summed E-state index contributed by atoms with van der Waals surface area (Å²) in [6.07, 6.45) is -1.98. The number of esters is 1. The van der Waals surface area contributed by atoms with Gasteiger partial charge in [0.15, 0.2) is 5.13 Å². The smallest absolute Gasteiger partial charge is 0.407 e. The van der Waals surface area contributed by atoms with Crippen molar-refractivity contribution in [1.29, 1.82) is 0 Å². The van der Waals surface area contributed by atoms with Crippen molar-refractivity contribution in [2.24, 2.45) is 5.16 Å². The fraction of sp³-hybridized carbons (Fsp3) is 0.469. The average molecular weight is 818 g/mol. The van der Waals surface area contributed by atoms with Crippen molar-refractivity contribution in [1.82, 2.24) is 45.1 Å². The van der Waals surface area contributed by atoms with E-state index in [2.05, 4.69) is 40.7 Å². The number of oxime groups is 1. The largest absolute Gasteiger partial charge is 0.477 e. The molecule has 23 heteroatoms. The third kappa shape index (κ3) is 10.5. The van der Waals surface area contributed by atoms with Crippen LogP contribution >= 0.6 is 35.1 Å². The Morgan fingerprint density at radius 2 is 1.82 bits per heavy atom. The number of tetrazole rings is 1. The van der Waals surface area contributed by atoms with E-state index in [1.807, 2.05) is 0 Å². The number of carbonyl (C=O) groups is 5. The Morgan fingerprint density at radius 3 is 2.45 bits per heavy atom. The van der Waals surface area contributed by atoms with E-state index < -0.39 is 64.3 Å². The molecule has 0 aliphatic carbocycles. The van der Waals surface area contributed by atoms with Crippen LogP contribution in [0.4, 0.5) is 9.93 Å². The molecule has 1 saturated heterocycles. The molecule has 1 aromatic carbocycles. The maximum absolute atomic E-state index is 13.7. The van der Waals surface area contributed by atoms with Crippen LogP contribution in [0.3, 0.4) is 0 Å². The van der Waals surface area contributed by atoms with E-state index in [1.54, 1.807) is 71.9 Å². The number of rotatable bonds is 14. The van der Waals surface area contributed by atoms with Crippen LogP contribution < -0.4 is 16.4 Å². The first-order chi connectivity index (χ1) is 25.9. The zero-order chi connectivity index (χ0) is 40.1. The van der Waals surface area contributed by atoms with Crippen molar-refractivity contribution in [3.8, 4) is 0 Å². The number of nitrogens with zero attached hydrogens (tertiary/aromatic N) is 8. The molecule has 4 heterocycles. The van der Waals surface area contributed by atoms with Gasteiger partial charge in [0.2, 0.25) is 22.8 Å². The normalized spacial score (nSPS) is 17.8. The molecule has 3 aromatic rings. The topological polar surface area (TPSA) is 268 Å². The second-order valence-corrected chi connectivity index (χ2v) is 16.7. The number of benzene rings is 1. The zero-order valence-electron chi connectivity index (χ0n) is 30.5. The molecule has 3 amide bonds. The van der Waals surface area contributed by atoms with Gasteiger partial charge in [-0.2, -0.15) is 9.36 Å². The minimum atomic E-state index is -1.38. The number of hydrogen-bond donors (Lipinski definition) is 4. The van der Waals surface area contributed by atoms with Gasteiger partial charge in [0.05, 0.1) is 6.54 Å². The summed E-state index contributed by atoms with van der Waals surface area (Å²) in [5, 5.41) is 30.6. The van der Waals surface area contributed by atoms with E-state index in [1.165, 1.54) is 16.4 Å². The summed E-state index contributed by atoms with van der Waals surface area (Å²) in [5.41, 5.74) is 4.40. The van der Waals surface area contributed by atoms with Crippen LogP contribution in [0.5, 0.6) is 0 Å². The summed E-state index contributed by atoms with van der Waals surface area (Å²) < 4.78 is 16.3. The monoisotopic (exact) mass is 817 g/mol. The molecule has 1 fully saturated rings. The molecule has 2 aliphatic heterocycles. The number of aliphatic carboxylic acids is 1. The first-order valence-corrected chi connectivity index (χ1v) is 19.4. The van der Waals surface area contributed by atoms with Crippen LogP contribution in [0.2, 0.25) is 0 Å². The number of anilines is 1. The molecule has 55 heavy (non-hydrogen) atoms. The Hall–Kier alpha value is -5.29. The first kappa shape index (κ1) is 40.9. The summed E-state index contributed by atoms with van der Waals surface area (Å²) in [6.45, 7) is 10.7. The molecule has 0 radical (unpaired) electrons. The van der Waals surface area contributed by atoms with Gasteiger partial charge in [-0.25, -0.2) is 19.1 Å². The second kappa shape index (κ2) is 17.0. The second-order valence-electron chi connectivity index (χ2n) is 13.8. The summed E-state index contributed by atoms with van der Waals surface area (Å²) in [6, 6.07) is 7.22. The fourth-order valence-corrected chi connectivity index (χ4v) is 7.84. The van der Waals surface area contributed by atoms with Crippen molar-refractivity contribution in [2.45, 2.75) is 82.0 Å². The molecule has 5 N–H and O–H groups in total. The highest BCUT2D eigenvalue weighted by Crippen LogP contribution is 2.41. The van der Waals surface area contributed by atoms with Crippen molar-refractivity contribution in [3.05, 3.63) is 53.0 Å². The number of fused-ring (bicyclic) bond motifs is 1. The molecular weight excluding hydrogens is 779 g/mol. The lowest BCUT2D eigenvalue weighted by atomic mass is 10.0. The fourth-order valence-electron chi connectivity index (χ4n) is 5.02. The Balaban J connectivity index is 1.28. The molecule has 20 nitrogen and oxygen atoms in total. The van der Waals surface area contributed by atoms with Gasteiger partial charge >= 0.3 is 18.0 Å². The highest BCUT2D eigenvalue weighted by Gasteiger charge is 2.54. The lowest BCUT2D eigenvalue weighted by molar-refractivity contribution is -0.169. The van der Waals surface area contributed by atoms with E-state index >= 15 is 0 Å². The van der Waals surface area contributed by atoms with Gasteiger partial charge in [0.1, 0.15) is 28.3 Å². The molecule has 0 spiro atoms.